The van der Waals surface area contributed by atoms with Gasteiger partial charge in [-0.2, -0.15) is 4.39 Å². The van der Waals surface area contributed by atoms with Crippen LogP contribution in [-0.4, -0.2) is 62.5 Å². The number of nitrogens with one attached hydrogen (secondary N) is 1. The molecule has 6 N–H and O–H groups in total. The number of nitrogens with zero attached hydrogens (tertiary/aromatic N) is 1. The second kappa shape index (κ2) is 5.81. The number of nitrogens with two attached hydrogens (primary N) is 1. The fourth-order valence-electron chi connectivity index (χ4n) is 1.74. The van der Waals surface area contributed by atoms with E-state index >= 15 is 0 Å². The van der Waals surface area contributed by atoms with E-state index in [-0.39, 0.29) is 6.01 Å². The Bertz CT molecular complexity index is 524. The summed E-state index contributed by atoms with van der Waals surface area (Å²) in [6, 6.07) is -1.51. The summed E-state index contributed by atoms with van der Waals surface area (Å²) in [4.78, 5) is 16.5. The second-order valence-electron chi connectivity index (χ2n) is 4.27. The van der Waals surface area contributed by atoms with Gasteiger partial charge in [-0.15, -0.1) is 0 Å². The van der Waals surface area contributed by atoms with Gasteiger partial charge in [0.1, 0.15) is 18.3 Å². The van der Waals surface area contributed by atoms with Crippen molar-refractivity contribution in [3.63, 3.8) is 0 Å². The third-order valence-electron chi connectivity index (χ3n) is 2.89. The molecule has 0 amide bonds. The topological polar surface area (TPSA) is 151 Å². The quantitative estimate of drug-likeness (QED) is 0.396. The molecule has 1 aliphatic rings. The van der Waals surface area contributed by atoms with Crippen LogP contribution in [0.4, 0.5) is 4.39 Å². The van der Waals surface area contributed by atoms with Crippen molar-refractivity contribution < 1.29 is 29.2 Å². The monoisotopic (exact) mass is 291 g/mol. The molecule has 0 radical (unpaired) electrons. The van der Waals surface area contributed by atoms with Crippen LogP contribution in [0.15, 0.2) is 11.0 Å². The normalized spacial score (nSPS) is 34.0. The van der Waals surface area contributed by atoms with Gasteiger partial charge in [0.2, 0.25) is 12.1 Å². The Morgan fingerprint density at radius 1 is 1.50 bits per heavy atom. The molecule has 1 aliphatic heterocycles. The zero-order valence-corrected chi connectivity index (χ0v) is 10.1. The van der Waals surface area contributed by atoms with Crippen molar-refractivity contribution in [3.8, 4) is 6.01 Å². The summed E-state index contributed by atoms with van der Waals surface area (Å²) in [6.45, 7) is -0.571. The fraction of sp³-hybridized carbons (Fsp3) is 0.600. The third kappa shape index (κ3) is 2.78. The Morgan fingerprint density at radius 3 is 2.80 bits per heavy atom. The smallest absolute Gasteiger partial charge is 0.298 e. The van der Waals surface area contributed by atoms with E-state index in [1.54, 1.807) is 0 Å². The number of aliphatic hydroxyl groups excluding tert-OH is 3. The lowest BCUT2D eigenvalue weighted by Crippen LogP contribution is -2.63. The number of aliphatic hydroxyl groups is 3. The highest BCUT2D eigenvalue weighted by atomic mass is 19.1. The van der Waals surface area contributed by atoms with Crippen LogP contribution in [0.25, 0.3) is 0 Å². The van der Waals surface area contributed by atoms with Crippen molar-refractivity contribution in [1.82, 2.24) is 9.97 Å². The summed E-state index contributed by atoms with van der Waals surface area (Å²) in [5.74, 6) is -1.09. The number of rotatable bonds is 3. The largest absolute Gasteiger partial charge is 0.433 e. The maximum Gasteiger partial charge on any atom is 0.298 e. The summed E-state index contributed by atoms with van der Waals surface area (Å²) >= 11 is 0. The molecule has 2 heterocycles. The molecule has 0 aromatic carbocycles. The van der Waals surface area contributed by atoms with Gasteiger partial charge in [0.25, 0.3) is 11.6 Å². The van der Waals surface area contributed by atoms with Crippen molar-refractivity contribution in [2.24, 2.45) is 5.73 Å². The molecule has 1 saturated heterocycles. The molecule has 10 heteroatoms. The molecule has 20 heavy (non-hydrogen) atoms. The first-order valence-corrected chi connectivity index (χ1v) is 5.73. The molecular weight excluding hydrogens is 277 g/mol. The number of aromatic nitrogens is 2. The minimum atomic E-state index is -1.40. The molecule has 5 atom stereocenters. The standard InChI is InChI=1S/C10H14FN3O6/c11-3-1-13-10(14-8(3)18)20-9-5(12)7(17)6(16)4(2-15)19-9/h1,4-7,9,15-17H,2,12H2,(H,13,14,18)/t4-,5-,6-,7-,9+/m1/s1. The summed E-state index contributed by atoms with van der Waals surface area (Å²) < 4.78 is 23.0. The summed E-state index contributed by atoms with van der Waals surface area (Å²) in [6.07, 6.45) is -4.52. The Balaban J connectivity index is 2.15. The Morgan fingerprint density at radius 2 is 2.20 bits per heavy atom. The minimum Gasteiger partial charge on any atom is -0.433 e. The van der Waals surface area contributed by atoms with Crippen LogP contribution >= 0.6 is 0 Å². The zero-order chi connectivity index (χ0) is 14.9. The van der Waals surface area contributed by atoms with E-state index in [0.29, 0.717) is 6.20 Å². The van der Waals surface area contributed by atoms with Gasteiger partial charge in [-0.3, -0.25) is 9.78 Å². The number of hydrogen-bond acceptors (Lipinski definition) is 8. The van der Waals surface area contributed by atoms with Crippen LogP contribution in [-0.2, 0) is 4.74 Å². The van der Waals surface area contributed by atoms with Gasteiger partial charge in [0, 0.05) is 0 Å². The first-order chi connectivity index (χ1) is 9.43. The van der Waals surface area contributed by atoms with Crippen molar-refractivity contribution in [2.75, 3.05) is 6.61 Å². The van der Waals surface area contributed by atoms with E-state index in [2.05, 4.69) is 4.98 Å². The minimum absolute atomic E-state index is 0.364. The van der Waals surface area contributed by atoms with E-state index in [4.69, 9.17) is 20.3 Å². The van der Waals surface area contributed by atoms with Crippen molar-refractivity contribution >= 4 is 0 Å². The molecule has 0 saturated carbocycles. The first-order valence-electron chi connectivity index (χ1n) is 5.73. The number of ether oxygens (including phenoxy) is 2. The van der Waals surface area contributed by atoms with Crippen LogP contribution in [0.1, 0.15) is 0 Å². The number of H-pyrrole nitrogens is 1. The van der Waals surface area contributed by atoms with Gasteiger partial charge >= 0.3 is 0 Å². The second-order valence-corrected chi connectivity index (χ2v) is 4.27. The Kier molecular flexibility index (Phi) is 4.30. The molecular formula is C10H14FN3O6. The van der Waals surface area contributed by atoms with Gasteiger partial charge in [-0.1, -0.05) is 0 Å². The van der Waals surface area contributed by atoms with Gasteiger partial charge in [0.15, 0.2) is 0 Å². The van der Waals surface area contributed by atoms with Crippen LogP contribution < -0.4 is 16.0 Å². The van der Waals surface area contributed by atoms with Gasteiger partial charge in [-0.05, 0) is 0 Å². The number of aromatic amines is 1. The molecule has 0 spiro atoms. The van der Waals surface area contributed by atoms with E-state index in [9.17, 15) is 19.4 Å². The molecule has 1 aromatic heterocycles. The molecule has 1 aromatic rings. The number of halogens is 1. The van der Waals surface area contributed by atoms with Crippen molar-refractivity contribution in [1.29, 1.82) is 0 Å². The summed E-state index contributed by atoms with van der Waals surface area (Å²) in [5.41, 5.74) is 4.57. The summed E-state index contributed by atoms with van der Waals surface area (Å²) in [5, 5.41) is 28.3. The van der Waals surface area contributed by atoms with Gasteiger partial charge in [-0.25, -0.2) is 4.98 Å². The lowest BCUT2D eigenvalue weighted by atomic mass is 9.98. The van der Waals surface area contributed by atoms with Crippen LogP contribution in [0.3, 0.4) is 0 Å². The third-order valence-corrected chi connectivity index (χ3v) is 2.89. The predicted molar refractivity (Wildman–Crippen MR) is 61.2 cm³/mol. The first kappa shape index (κ1) is 14.8. The molecule has 9 nitrogen and oxygen atoms in total. The SMILES string of the molecule is N[C@H]1[C@H](Oc2ncc(F)c(=O)[nH]2)O[C@H](CO)[C@@H](O)[C@@H]1O. The maximum atomic E-state index is 12.8. The number of hydrogen-bond donors (Lipinski definition) is 5. The predicted octanol–water partition coefficient (Wildman–Crippen LogP) is -2.95. The lowest BCUT2D eigenvalue weighted by Gasteiger charge is -2.39. The van der Waals surface area contributed by atoms with E-state index in [0.717, 1.165) is 0 Å². The van der Waals surface area contributed by atoms with Crippen molar-refractivity contribution in [3.05, 3.63) is 22.4 Å². The van der Waals surface area contributed by atoms with E-state index in [1.807, 2.05) is 4.98 Å². The highest BCUT2D eigenvalue weighted by Crippen LogP contribution is 2.21. The molecule has 2 rings (SSSR count). The molecule has 112 valence electrons. The van der Waals surface area contributed by atoms with E-state index < -0.39 is 48.6 Å². The maximum absolute atomic E-state index is 12.8. The average molecular weight is 291 g/mol. The molecule has 0 bridgehead atoms. The van der Waals surface area contributed by atoms with Crippen LogP contribution in [0.2, 0.25) is 0 Å². The van der Waals surface area contributed by atoms with Gasteiger partial charge < -0.3 is 30.5 Å². The highest BCUT2D eigenvalue weighted by molar-refractivity contribution is 4.99. The van der Waals surface area contributed by atoms with Crippen LogP contribution in [0.5, 0.6) is 6.01 Å². The zero-order valence-electron chi connectivity index (χ0n) is 10.1. The van der Waals surface area contributed by atoms with Crippen molar-refractivity contribution in [2.45, 2.75) is 30.6 Å². The lowest BCUT2D eigenvalue weighted by molar-refractivity contribution is -0.240. The highest BCUT2D eigenvalue weighted by Gasteiger charge is 2.43. The summed E-state index contributed by atoms with van der Waals surface area (Å²) in [7, 11) is 0. The molecule has 1 fully saturated rings. The molecule has 0 aliphatic carbocycles. The Hall–Kier alpha value is -1.59. The van der Waals surface area contributed by atoms with Crippen LogP contribution in [0, 0.1) is 5.82 Å². The van der Waals surface area contributed by atoms with E-state index in [1.165, 1.54) is 0 Å². The molecule has 0 unspecified atom stereocenters. The van der Waals surface area contributed by atoms with Gasteiger partial charge in [0.05, 0.1) is 18.8 Å². The average Bonchev–Trinajstić information content (AvgIpc) is 2.43. The Labute approximate surface area is 111 Å². The fourth-order valence-corrected chi connectivity index (χ4v) is 1.74.